The van der Waals surface area contributed by atoms with Gasteiger partial charge in [0.2, 0.25) is 5.91 Å². The Morgan fingerprint density at radius 3 is 2.86 bits per heavy atom. The molecule has 2 aliphatic rings. The number of amides is 1. The number of carbonyl (C=O) groups excluding carboxylic acids is 1. The van der Waals surface area contributed by atoms with Gasteiger partial charge in [-0.1, -0.05) is 6.42 Å². The maximum absolute atomic E-state index is 12.5. The van der Waals surface area contributed by atoms with Gasteiger partial charge < -0.3 is 9.80 Å². The van der Waals surface area contributed by atoms with Crippen molar-refractivity contribution in [2.24, 2.45) is 0 Å². The van der Waals surface area contributed by atoms with E-state index in [0.717, 1.165) is 37.4 Å². The molecule has 1 aromatic heterocycles. The van der Waals surface area contributed by atoms with Crippen LogP contribution in [-0.2, 0) is 4.79 Å². The van der Waals surface area contributed by atoms with Gasteiger partial charge in [0.05, 0.1) is 6.04 Å². The van der Waals surface area contributed by atoms with Gasteiger partial charge in [0.1, 0.15) is 5.01 Å². The van der Waals surface area contributed by atoms with E-state index in [0.29, 0.717) is 12.3 Å². The summed E-state index contributed by atoms with van der Waals surface area (Å²) >= 11 is 1.67. The lowest BCUT2D eigenvalue weighted by Gasteiger charge is -2.27. The Bertz CT molecular complexity index is 442. The van der Waals surface area contributed by atoms with Gasteiger partial charge in [0.25, 0.3) is 0 Å². The third-order valence-corrected chi connectivity index (χ3v) is 5.50. The number of thiazole rings is 1. The van der Waals surface area contributed by atoms with E-state index in [4.69, 9.17) is 0 Å². The minimum Gasteiger partial charge on any atom is -0.333 e. The normalized spacial score (nSPS) is 23.6. The summed E-state index contributed by atoms with van der Waals surface area (Å²) in [7, 11) is 0. The number of nitrogens with zero attached hydrogens (tertiary/aromatic N) is 3. The first-order valence-corrected chi connectivity index (χ1v) is 9.14. The summed E-state index contributed by atoms with van der Waals surface area (Å²) in [5.74, 6) is 0.324. The zero-order valence-corrected chi connectivity index (χ0v) is 13.5. The Hall–Kier alpha value is -0.940. The Kier molecular flexibility index (Phi) is 5.25. The fourth-order valence-corrected chi connectivity index (χ4v) is 4.29. The summed E-state index contributed by atoms with van der Waals surface area (Å²) in [6, 6.07) is 0.243. The van der Waals surface area contributed by atoms with Gasteiger partial charge in [-0.25, -0.2) is 4.98 Å². The Morgan fingerprint density at radius 1 is 1.24 bits per heavy atom. The van der Waals surface area contributed by atoms with Crippen molar-refractivity contribution in [1.29, 1.82) is 0 Å². The third-order valence-electron chi connectivity index (χ3n) is 4.62. The van der Waals surface area contributed by atoms with E-state index in [2.05, 4.69) is 14.8 Å². The van der Waals surface area contributed by atoms with Crippen molar-refractivity contribution in [1.82, 2.24) is 14.8 Å². The second-order valence-corrected chi connectivity index (χ2v) is 7.05. The fraction of sp³-hybridized carbons (Fsp3) is 0.750. The van der Waals surface area contributed by atoms with E-state index >= 15 is 0 Å². The number of likely N-dealkylation sites (tertiary alicyclic amines) is 2. The minimum atomic E-state index is 0.243. The molecule has 0 radical (unpaired) electrons. The van der Waals surface area contributed by atoms with Crippen molar-refractivity contribution in [2.45, 2.75) is 51.0 Å². The standard InChI is InChI=1S/C16H25N3OS/c20-15(7-5-11-18-9-2-1-3-10-18)19-12-4-6-14(19)16-17-8-13-21-16/h8,13-14H,1-7,9-12H2. The Balaban J connectivity index is 1.46. The molecule has 116 valence electrons. The second kappa shape index (κ2) is 7.36. The van der Waals surface area contributed by atoms with Crippen LogP contribution in [0, 0.1) is 0 Å². The summed E-state index contributed by atoms with van der Waals surface area (Å²) in [4.78, 5) is 21.5. The van der Waals surface area contributed by atoms with Crippen molar-refractivity contribution in [3.05, 3.63) is 16.6 Å². The minimum absolute atomic E-state index is 0.243. The average Bonchev–Trinajstić information content (AvgIpc) is 3.19. The molecule has 0 bridgehead atoms. The molecular formula is C16H25N3OS. The van der Waals surface area contributed by atoms with E-state index in [9.17, 15) is 4.79 Å². The van der Waals surface area contributed by atoms with Crippen LogP contribution in [0.15, 0.2) is 11.6 Å². The third kappa shape index (κ3) is 3.83. The zero-order valence-electron chi connectivity index (χ0n) is 12.7. The van der Waals surface area contributed by atoms with Gasteiger partial charge in [-0.3, -0.25) is 4.79 Å². The molecule has 2 saturated heterocycles. The summed E-state index contributed by atoms with van der Waals surface area (Å²) in [5, 5.41) is 3.11. The van der Waals surface area contributed by atoms with E-state index in [1.165, 1.54) is 32.4 Å². The van der Waals surface area contributed by atoms with Crippen LogP contribution < -0.4 is 0 Å². The highest BCUT2D eigenvalue weighted by Crippen LogP contribution is 2.33. The number of carbonyl (C=O) groups is 1. The van der Waals surface area contributed by atoms with Crippen molar-refractivity contribution in [2.75, 3.05) is 26.2 Å². The van der Waals surface area contributed by atoms with Gasteiger partial charge in [0, 0.05) is 24.5 Å². The van der Waals surface area contributed by atoms with Crippen LogP contribution in [0.1, 0.15) is 56.0 Å². The number of rotatable bonds is 5. The summed E-state index contributed by atoms with van der Waals surface area (Å²) < 4.78 is 0. The number of aromatic nitrogens is 1. The highest BCUT2D eigenvalue weighted by molar-refractivity contribution is 7.09. The second-order valence-electron chi connectivity index (χ2n) is 6.12. The lowest BCUT2D eigenvalue weighted by atomic mass is 10.1. The Labute approximate surface area is 131 Å². The average molecular weight is 307 g/mol. The van der Waals surface area contributed by atoms with Crippen LogP contribution >= 0.6 is 11.3 Å². The van der Waals surface area contributed by atoms with Crippen molar-refractivity contribution < 1.29 is 4.79 Å². The van der Waals surface area contributed by atoms with Gasteiger partial charge in [-0.05, 0) is 51.7 Å². The molecule has 0 spiro atoms. The van der Waals surface area contributed by atoms with E-state index in [1.807, 2.05) is 11.6 Å². The molecule has 0 aromatic carbocycles. The van der Waals surface area contributed by atoms with Crippen LogP contribution in [0.25, 0.3) is 0 Å². The fourth-order valence-electron chi connectivity index (χ4n) is 3.50. The van der Waals surface area contributed by atoms with Gasteiger partial charge >= 0.3 is 0 Å². The molecule has 0 aliphatic carbocycles. The molecular weight excluding hydrogens is 282 g/mol. The van der Waals surface area contributed by atoms with Crippen molar-refractivity contribution >= 4 is 17.2 Å². The number of piperidine rings is 1. The summed E-state index contributed by atoms with van der Waals surface area (Å²) in [5.41, 5.74) is 0. The monoisotopic (exact) mass is 307 g/mol. The van der Waals surface area contributed by atoms with Crippen molar-refractivity contribution in [3.8, 4) is 0 Å². The molecule has 0 saturated carbocycles. The molecule has 1 unspecified atom stereocenters. The molecule has 0 N–H and O–H groups in total. The lowest BCUT2D eigenvalue weighted by Crippen LogP contribution is -2.33. The van der Waals surface area contributed by atoms with E-state index in [-0.39, 0.29) is 6.04 Å². The summed E-state index contributed by atoms with van der Waals surface area (Å²) in [6.45, 7) is 4.44. The predicted octanol–water partition coefficient (Wildman–Crippen LogP) is 3.07. The lowest BCUT2D eigenvalue weighted by molar-refractivity contribution is -0.132. The predicted molar refractivity (Wildman–Crippen MR) is 85.3 cm³/mol. The molecule has 5 heteroatoms. The molecule has 3 heterocycles. The molecule has 1 atom stereocenters. The van der Waals surface area contributed by atoms with Gasteiger partial charge in [0.15, 0.2) is 0 Å². The maximum atomic E-state index is 12.5. The van der Waals surface area contributed by atoms with E-state index in [1.54, 1.807) is 11.3 Å². The quantitative estimate of drug-likeness (QED) is 0.839. The summed E-state index contributed by atoms with van der Waals surface area (Å²) in [6.07, 6.45) is 9.75. The first-order chi connectivity index (χ1) is 10.3. The number of hydrogen-bond acceptors (Lipinski definition) is 4. The molecule has 1 aromatic rings. The zero-order chi connectivity index (χ0) is 14.5. The smallest absolute Gasteiger partial charge is 0.223 e. The maximum Gasteiger partial charge on any atom is 0.223 e. The number of hydrogen-bond donors (Lipinski definition) is 0. The topological polar surface area (TPSA) is 36.4 Å². The van der Waals surface area contributed by atoms with Gasteiger partial charge in [-0.2, -0.15) is 0 Å². The highest BCUT2D eigenvalue weighted by Gasteiger charge is 2.31. The van der Waals surface area contributed by atoms with Crippen LogP contribution in [-0.4, -0.2) is 46.9 Å². The van der Waals surface area contributed by atoms with Crippen LogP contribution in [0.4, 0.5) is 0 Å². The highest BCUT2D eigenvalue weighted by atomic mass is 32.1. The molecule has 1 amide bonds. The first kappa shape index (κ1) is 15.0. The molecule has 4 nitrogen and oxygen atoms in total. The largest absolute Gasteiger partial charge is 0.333 e. The first-order valence-electron chi connectivity index (χ1n) is 8.26. The van der Waals surface area contributed by atoms with E-state index < -0.39 is 0 Å². The van der Waals surface area contributed by atoms with Crippen LogP contribution in [0.5, 0.6) is 0 Å². The molecule has 2 aliphatic heterocycles. The van der Waals surface area contributed by atoms with Crippen LogP contribution in [0.2, 0.25) is 0 Å². The SMILES string of the molecule is O=C(CCCN1CCCCC1)N1CCCC1c1nccs1. The molecule has 3 rings (SSSR count). The van der Waals surface area contributed by atoms with Gasteiger partial charge in [-0.15, -0.1) is 11.3 Å². The Morgan fingerprint density at radius 2 is 2.10 bits per heavy atom. The van der Waals surface area contributed by atoms with Crippen LogP contribution in [0.3, 0.4) is 0 Å². The molecule has 2 fully saturated rings. The van der Waals surface area contributed by atoms with Crippen molar-refractivity contribution in [3.63, 3.8) is 0 Å². The molecule has 21 heavy (non-hydrogen) atoms.